The lowest BCUT2D eigenvalue weighted by atomic mass is 10.2. The Balaban J connectivity index is 3.12. The number of rotatable bonds is 2. The Kier molecular flexibility index (Phi) is 3.32. The van der Waals surface area contributed by atoms with Crippen molar-refractivity contribution in [1.82, 2.24) is 4.98 Å². The van der Waals surface area contributed by atoms with Crippen LogP contribution in [-0.2, 0) is 4.74 Å². The number of ether oxygens (including phenoxy) is 1. The molecule has 0 amide bonds. The molecule has 0 saturated carbocycles. The van der Waals surface area contributed by atoms with Gasteiger partial charge < -0.3 is 4.74 Å². The Morgan fingerprint density at radius 1 is 1.33 bits per heavy atom. The zero-order valence-electron chi connectivity index (χ0n) is 6.84. The molecule has 1 aromatic heterocycles. The predicted molar refractivity (Wildman–Crippen MR) is 49.7 cm³/mol. The van der Waals surface area contributed by atoms with Crippen LogP contribution in [0.2, 0.25) is 10.0 Å². The van der Waals surface area contributed by atoms with Crippen molar-refractivity contribution in [2.24, 2.45) is 0 Å². The van der Waals surface area contributed by atoms with E-state index in [4.69, 9.17) is 27.9 Å². The van der Waals surface area contributed by atoms with Gasteiger partial charge in [0.25, 0.3) is 0 Å². The van der Waals surface area contributed by atoms with Gasteiger partial charge in [0.1, 0.15) is 0 Å². The summed E-state index contributed by atoms with van der Waals surface area (Å²) in [7, 11) is 1.61. The fraction of sp³-hybridized carbons (Fsp3) is 0.375. The Hall–Kier alpha value is -0.310. The Labute approximate surface area is 81.5 Å². The van der Waals surface area contributed by atoms with Gasteiger partial charge >= 0.3 is 0 Å². The summed E-state index contributed by atoms with van der Waals surface area (Å²) < 4.78 is 5.10. The maximum atomic E-state index is 5.88. The standard InChI is InChI=1S/C8H9Cl2NO/c1-5(12-2)8-6(9)3-11-4-7(8)10/h3-5H,1-2H3. The molecular weight excluding hydrogens is 197 g/mol. The van der Waals surface area contributed by atoms with E-state index in [0.717, 1.165) is 5.56 Å². The summed E-state index contributed by atoms with van der Waals surface area (Å²) in [6, 6.07) is 0. The minimum atomic E-state index is -0.104. The number of hydrogen-bond donors (Lipinski definition) is 0. The van der Waals surface area contributed by atoms with Gasteiger partial charge in [0, 0.05) is 25.1 Å². The van der Waals surface area contributed by atoms with Crippen molar-refractivity contribution in [2.75, 3.05) is 7.11 Å². The van der Waals surface area contributed by atoms with Crippen molar-refractivity contribution in [3.8, 4) is 0 Å². The fourth-order valence-corrected chi connectivity index (χ4v) is 1.60. The minimum Gasteiger partial charge on any atom is -0.377 e. The predicted octanol–water partition coefficient (Wildman–Crippen LogP) is 3.10. The molecule has 1 rings (SSSR count). The normalized spacial score (nSPS) is 13.0. The molecule has 0 aromatic carbocycles. The molecule has 0 bridgehead atoms. The Morgan fingerprint density at radius 3 is 2.25 bits per heavy atom. The molecule has 0 aliphatic carbocycles. The molecule has 4 heteroatoms. The second-order valence-corrected chi connectivity index (χ2v) is 3.21. The van der Waals surface area contributed by atoms with E-state index >= 15 is 0 Å². The van der Waals surface area contributed by atoms with Gasteiger partial charge in [-0.25, -0.2) is 0 Å². The van der Waals surface area contributed by atoms with Gasteiger partial charge in [0.05, 0.1) is 16.1 Å². The molecule has 0 N–H and O–H groups in total. The van der Waals surface area contributed by atoms with Gasteiger partial charge in [-0.05, 0) is 6.92 Å². The lowest BCUT2D eigenvalue weighted by Gasteiger charge is -2.12. The molecule has 0 saturated heterocycles. The van der Waals surface area contributed by atoms with Gasteiger partial charge in [0.15, 0.2) is 0 Å². The Bertz CT molecular complexity index is 258. The highest BCUT2D eigenvalue weighted by molar-refractivity contribution is 6.35. The first-order valence-electron chi connectivity index (χ1n) is 3.48. The van der Waals surface area contributed by atoms with Gasteiger partial charge in [-0.1, -0.05) is 23.2 Å². The van der Waals surface area contributed by atoms with Gasteiger partial charge in [-0.2, -0.15) is 0 Å². The minimum absolute atomic E-state index is 0.104. The maximum absolute atomic E-state index is 5.88. The zero-order chi connectivity index (χ0) is 9.14. The van der Waals surface area contributed by atoms with Crippen LogP contribution in [0.4, 0.5) is 0 Å². The largest absolute Gasteiger partial charge is 0.377 e. The van der Waals surface area contributed by atoms with Crippen LogP contribution in [0, 0.1) is 0 Å². The summed E-state index contributed by atoms with van der Waals surface area (Å²) in [5, 5.41) is 1.08. The Morgan fingerprint density at radius 2 is 1.83 bits per heavy atom. The van der Waals surface area contributed by atoms with Crippen molar-refractivity contribution in [2.45, 2.75) is 13.0 Å². The first-order chi connectivity index (χ1) is 5.66. The molecule has 0 fully saturated rings. The molecule has 0 aliphatic heterocycles. The number of aromatic nitrogens is 1. The second-order valence-electron chi connectivity index (χ2n) is 2.39. The van der Waals surface area contributed by atoms with E-state index in [1.54, 1.807) is 19.5 Å². The molecule has 1 aromatic rings. The van der Waals surface area contributed by atoms with E-state index in [9.17, 15) is 0 Å². The zero-order valence-corrected chi connectivity index (χ0v) is 8.36. The molecular formula is C8H9Cl2NO. The van der Waals surface area contributed by atoms with E-state index in [-0.39, 0.29) is 6.10 Å². The molecule has 0 radical (unpaired) electrons. The van der Waals surface area contributed by atoms with Gasteiger partial charge in [-0.15, -0.1) is 0 Å². The second kappa shape index (κ2) is 4.08. The van der Waals surface area contributed by atoms with Gasteiger partial charge in [-0.3, -0.25) is 4.98 Å². The molecule has 12 heavy (non-hydrogen) atoms. The molecule has 1 heterocycles. The molecule has 0 spiro atoms. The van der Waals surface area contributed by atoms with Crippen molar-refractivity contribution in [1.29, 1.82) is 0 Å². The lowest BCUT2D eigenvalue weighted by Crippen LogP contribution is -1.98. The highest BCUT2D eigenvalue weighted by Crippen LogP contribution is 2.30. The number of halogens is 2. The average molecular weight is 206 g/mol. The van der Waals surface area contributed by atoms with E-state index in [2.05, 4.69) is 4.98 Å². The van der Waals surface area contributed by atoms with E-state index in [1.807, 2.05) is 6.92 Å². The third-order valence-electron chi connectivity index (χ3n) is 1.65. The highest BCUT2D eigenvalue weighted by atomic mass is 35.5. The number of nitrogens with zero attached hydrogens (tertiary/aromatic N) is 1. The third-order valence-corrected chi connectivity index (χ3v) is 2.25. The van der Waals surface area contributed by atoms with Crippen LogP contribution in [0.25, 0.3) is 0 Å². The molecule has 1 atom stereocenters. The quantitative estimate of drug-likeness (QED) is 0.741. The summed E-state index contributed by atoms with van der Waals surface area (Å²) >= 11 is 11.8. The van der Waals surface area contributed by atoms with Crippen molar-refractivity contribution >= 4 is 23.2 Å². The van der Waals surface area contributed by atoms with E-state index in [1.165, 1.54) is 0 Å². The summed E-state index contributed by atoms with van der Waals surface area (Å²) in [6.45, 7) is 1.88. The van der Waals surface area contributed by atoms with Crippen molar-refractivity contribution in [3.05, 3.63) is 28.0 Å². The lowest BCUT2D eigenvalue weighted by molar-refractivity contribution is 0.119. The SMILES string of the molecule is COC(C)c1c(Cl)cncc1Cl. The van der Waals surface area contributed by atoms with Crippen LogP contribution in [-0.4, -0.2) is 12.1 Å². The summed E-state index contributed by atoms with van der Waals surface area (Å²) in [5.74, 6) is 0. The summed E-state index contributed by atoms with van der Waals surface area (Å²) in [5.41, 5.74) is 0.788. The number of hydrogen-bond acceptors (Lipinski definition) is 2. The first kappa shape index (κ1) is 9.78. The molecule has 2 nitrogen and oxygen atoms in total. The third kappa shape index (κ3) is 1.89. The monoisotopic (exact) mass is 205 g/mol. The van der Waals surface area contributed by atoms with E-state index in [0.29, 0.717) is 10.0 Å². The van der Waals surface area contributed by atoms with Crippen LogP contribution in [0.1, 0.15) is 18.6 Å². The maximum Gasteiger partial charge on any atom is 0.0823 e. The first-order valence-corrected chi connectivity index (χ1v) is 4.24. The van der Waals surface area contributed by atoms with Crippen LogP contribution in [0.3, 0.4) is 0 Å². The topological polar surface area (TPSA) is 22.1 Å². The fourth-order valence-electron chi connectivity index (χ4n) is 0.928. The highest BCUT2D eigenvalue weighted by Gasteiger charge is 2.12. The number of pyridine rings is 1. The van der Waals surface area contributed by atoms with Gasteiger partial charge in [0.2, 0.25) is 0 Å². The summed E-state index contributed by atoms with van der Waals surface area (Å²) in [4.78, 5) is 3.84. The average Bonchev–Trinajstić information content (AvgIpc) is 2.03. The van der Waals surface area contributed by atoms with E-state index < -0.39 is 0 Å². The van der Waals surface area contributed by atoms with Crippen LogP contribution in [0.15, 0.2) is 12.4 Å². The number of methoxy groups -OCH3 is 1. The smallest absolute Gasteiger partial charge is 0.0823 e. The van der Waals surface area contributed by atoms with Crippen molar-refractivity contribution in [3.63, 3.8) is 0 Å². The van der Waals surface area contributed by atoms with Crippen molar-refractivity contribution < 1.29 is 4.74 Å². The summed E-state index contributed by atoms with van der Waals surface area (Å²) in [6.07, 6.45) is 3.00. The van der Waals surface area contributed by atoms with Crippen LogP contribution >= 0.6 is 23.2 Å². The van der Waals surface area contributed by atoms with Crippen LogP contribution < -0.4 is 0 Å². The molecule has 1 unspecified atom stereocenters. The van der Waals surface area contributed by atoms with Crippen LogP contribution in [0.5, 0.6) is 0 Å². The molecule has 66 valence electrons. The molecule has 0 aliphatic rings.